The maximum atomic E-state index is 6.28. The summed E-state index contributed by atoms with van der Waals surface area (Å²) >= 11 is 12.6. The molecule has 1 N–H and O–H groups in total. The Labute approximate surface area is 137 Å². The summed E-state index contributed by atoms with van der Waals surface area (Å²) in [6.07, 6.45) is 1.79. The first-order chi connectivity index (χ1) is 10.0. The van der Waals surface area contributed by atoms with Gasteiger partial charge in [0.1, 0.15) is 0 Å². The lowest BCUT2D eigenvalue weighted by Gasteiger charge is -2.20. The fraction of sp³-hybridized carbons (Fsp3) is 0.333. The first kappa shape index (κ1) is 16.4. The molecule has 0 fully saturated rings. The van der Waals surface area contributed by atoms with Crippen molar-refractivity contribution in [2.24, 2.45) is 0 Å². The van der Waals surface area contributed by atoms with Gasteiger partial charge < -0.3 is 5.32 Å². The fourth-order valence-corrected chi connectivity index (χ4v) is 3.22. The maximum absolute atomic E-state index is 6.28. The monoisotopic (exact) mass is 321 g/mol. The van der Waals surface area contributed by atoms with Crippen LogP contribution < -0.4 is 5.32 Å². The third-order valence-electron chi connectivity index (χ3n) is 4.02. The molecule has 0 aromatic heterocycles. The zero-order valence-corrected chi connectivity index (χ0v) is 14.2. The zero-order valence-electron chi connectivity index (χ0n) is 12.7. The minimum atomic E-state index is 0.308. The van der Waals surface area contributed by atoms with Crippen molar-refractivity contribution in [2.75, 3.05) is 7.05 Å². The van der Waals surface area contributed by atoms with Gasteiger partial charge in [0, 0.05) is 16.1 Å². The standard InChI is InChI=1S/C18H21Cl2N/c1-12-6-4-7-13(2)15(12)10-14(21-3)11-16-17(19)8-5-9-18(16)20/h4-9,14,21H,10-11H2,1-3H3. The molecule has 2 aromatic carbocycles. The van der Waals surface area contributed by atoms with E-state index in [2.05, 4.69) is 37.4 Å². The van der Waals surface area contributed by atoms with Gasteiger partial charge in [0.05, 0.1) is 0 Å². The molecule has 21 heavy (non-hydrogen) atoms. The number of halogens is 2. The molecule has 0 spiro atoms. The molecule has 0 saturated heterocycles. The lowest BCUT2D eigenvalue weighted by atomic mass is 9.93. The van der Waals surface area contributed by atoms with Crippen LogP contribution in [0.2, 0.25) is 10.0 Å². The third kappa shape index (κ3) is 4.00. The number of hydrogen-bond acceptors (Lipinski definition) is 1. The summed E-state index contributed by atoms with van der Waals surface area (Å²) < 4.78 is 0. The molecule has 0 saturated carbocycles. The van der Waals surface area contributed by atoms with Crippen LogP contribution in [-0.2, 0) is 12.8 Å². The quantitative estimate of drug-likeness (QED) is 0.818. The number of nitrogens with one attached hydrogen (secondary N) is 1. The number of benzene rings is 2. The van der Waals surface area contributed by atoms with Crippen LogP contribution in [-0.4, -0.2) is 13.1 Å². The van der Waals surface area contributed by atoms with Gasteiger partial charge in [0.25, 0.3) is 0 Å². The Bertz CT molecular complexity index is 529. The van der Waals surface area contributed by atoms with Gasteiger partial charge >= 0.3 is 0 Å². The van der Waals surface area contributed by atoms with Crippen LogP contribution in [0.4, 0.5) is 0 Å². The molecular formula is C18H21Cl2N. The lowest BCUT2D eigenvalue weighted by molar-refractivity contribution is 0.554. The van der Waals surface area contributed by atoms with Crippen molar-refractivity contribution in [3.05, 3.63) is 68.7 Å². The summed E-state index contributed by atoms with van der Waals surface area (Å²) in [6.45, 7) is 4.33. The van der Waals surface area contributed by atoms with E-state index in [0.29, 0.717) is 6.04 Å². The van der Waals surface area contributed by atoms with Crippen molar-refractivity contribution in [1.29, 1.82) is 0 Å². The summed E-state index contributed by atoms with van der Waals surface area (Å²) in [5, 5.41) is 4.87. The van der Waals surface area contributed by atoms with Gasteiger partial charge in [0.15, 0.2) is 0 Å². The van der Waals surface area contributed by atoms with Crippen molar-refractivity contribution in [3.63, 3.8) is 0 Å². The molecule has 1 atom stereocenters. The summed E-state index contributed by atoms with van der Waals surface area (Å²) in [7, 11) is 1.99. The van der Waals surface area contributed by atoms with Crippen LogP contribution >= 0.6 is 23.2 Å². The highest BCUT2D eigenvalue weighted by atomic mass is 35.5. The Morgan fingerprint density at radius 1 is 0.857 bits per heavy atom. The Morgan fingerprint density at radius 2 is 1.33 bits per heavy atom. The first-order valence-electron chi connectivity index (χ1n) is 7.18. The summed E-state index contributed by atoms with van der Waals surface area (Å²) in [4.78, 5) is 0. The molecule has 1 unspecified atom stereocenters. The highest BCUT2D eigenvalue weighted by Crippen LogP contribution is 2.26. The number of likely N-dealkylation sites (N-methyl/N-ethyl adjacent to an activating group) is 1. The van der Waals surface area contributed by atoms with Crippen LogP contribution in [0.5, 0.6) is 0 Å². The molecule has 0 aliphatic rings. The molecule has 2 rings (SSSR count). The Hall–Kier alpha value is -1.02. The smallest absolute Gasteiger partial charge is 0.0453 e. The van der Waals surface area contributed by atoms with Crippen LogP contribution in [0.3, 0.4) is 0 Å². The van der Waals surface area contributed by atoms with Gasteiger partial charge in [-0.1, -0.05) is 47.5 Å². The summed E-state index contributed by atoms with van der Waals surface area (Å²) in [5.74, 6) is 0. The molecule has 0 aliphatic carbocycles. The maximum Gasteiger partial charge on any atom is 0.0453 e. The van der Waals surface area contributed by atoms with Gasteiger partial charge in [-0.15, -0.1) is 0 Å². The van der Waals surface area contributed by atoms with Crippen LogP contribution in [0, 0.1) is 13.8 Å². The average Bonchev–Trinajstić information content (AvgIpc) is 2.45. The van der Waals surface area contributed by atoms with E-state index in [-0.39, 0.29) is 0 Å². The second-order valence-corrected chi connectivity index (χ2v) is 6.28. The topological polar surface area (TPSA) is 12.0 Å². The van der Waals surface area contributed by atoms with Gasteiger partial charge in [-0.05, 0) is 68.1 Å². The second-order valence-electron chi connectivity index (χ2n) is 5.46. The van der Waals surface area contributed by atoms with E-state index < -0.39 is 0 Å². The lowest BCUT2D eigenvalue weighted by Crippen LogP contribution is -2.30. The van der Waals surface area contributed by atoms with Crippen molar-refractivity contribution in [3.8, 4) is 0 Å². The van der Waals surface area contributed by atoms with E-state index >= 15 is 0 Å². The average molecular weight is 322 g/mol. The van der Waals surface area contributed by atoms with Crippen molar-refractivity contribution in [1.82, 2.24) is 5.32 Å². The fourth-order valence-electron chi connectivity index (χ4n) is 2.67. The first-order valence-corrected chi connectivity index (χ1v) is 7.93. The predicted octanol–water partition coefficient (Wildman–Crippen LogP) is 4.98. The van der Waals surface area contributed by atoms with Crippen molar-refractivity contribution in [2.45, 2.75) is 32.7 Å². The number of rotatable bonds is 5. The number of hydrogen-bond donors (Lipinski definition) is 1. The number of aryl methyl sites for hydroxylation is 2. The van der Waals surface area contributed by atoms with E-state index in [4.69, 9.17) is 23.2 Å². The van der Waals surface area contributed by atoms with Gasteiger partial charge in [-0.2, -0.15) is 0 Å². The van der Waals surface area contributed by atoms with Crippen LogP contribution in [0.1, 0.15) is 22.3 Å². The SMILES string of the molecule is CNC(Cc1c(C)cccc1C)Cc1c(Cl)cccc1Cl. The van der Waals surface area contributed by atoms with Crippen LogP contribution in [0.25, 0.3) is 0 Å². The highest BCUT2D eigenvalue weighted by molar-refractivity contribution is 6.36. The molecule has 0 radical (unpaired) electrons. The molecule has 3 heteroatoms. The molecular weight excluding hydrogens is 301 g/mol. The van der Waals surface area contributed by atoms with Crippen molar-refractivity contribution >= 4 is 23.2 Å². The Balaban J connectivity index is 2.21. The van der Waals surface area contributed by atoms with E-state index in [0.717, 1.165) is 28.5 Å². The minimum Gasteiger partial charge on any atom is -0.316 e. The van der Waals surface area contributed by atoms with Gasteiger partial charge in [-0.25, -0.2) is 0 Å². The van der Waals surface area contributed by atoms with Gasteiger partial charge in [-0.3, -0.25) is 0 Å². The minimum absolute atomic E-state index is 0.308. The van der Waals surface area contributed by atoms with E-state index in [9.17, 15) is 0 Å². The summed E-state index contributed by atoms with van der Waals surface area (Å²) in [5.41, 5.74) is 5.09. The van der Waals surface area contributed by atoms with E-state index in [1.54, 1.807) is 0 Å². The third-order valence-corrected chi connectivity index (χ3v) is 4.72. The Kier molecular flexibility index (Phi) is 5.69. The largest absolute Gasteiger partial charge is 0.316 e. The molecule has 0 heterocycles. The molecule has 0 bridgehead atoms. The second kappa shape index (κ2) is 7.31. The molecule has 112 valence electrons. The predicted molar refractivity (Wildman–Crippen MR) is 92.6 cm³/mol. The molecule has 1 nitrogen and oxygen atoms in total. The molecule has 0 aliphatic heterocycles. The van der Waals surface area contributed by atoms with Crippen molar-refractivity contribution < 1.29 is 0 Å². The van der Waals surface area contributed by atoms with Gasteiger partial charge in [0.2, 0.25) is 0 Å². The highest BCUT2D eigenvalue weighted by Gasteiger charge is 2.15. The normalized spacial score (nSPS) is 12.4. The Morgan fingerprint density at radius 3 is 1.86 bits per heavy atom. The summed E-state index contributed by atoms with van der Waals surface area (Å²) in [6, 6.07) is 12.4. The van der Waals surface area contributed by atoms with Crippen LogP contribution in [0.15, 0.2) is 36.4 Å². The molecule has 2 aromatic rings. The zero-order chi connectivity index (χ0) is 15.4. The van der Waals surface area contributed by atoms with E-state index in [1.807, 2.05) is 25.2 Å². The van der Waals surface area contributed by atoms with E-state index in [1.165, 1.54) is 16.7 Å². The molecule has 0 amide bonds.